The summed E-state index contributed by atoms with van der Waals surface area (Å²) in [6.07, 6.45) is 3.72. The third-order valence-electron chi connectivity index (χ3n) is 4.89. The van der Waals surface area contributed by atoms with Gasteiger partial charge < -0.3 is 4.57 Å². The molecule has 0 aliphatic carbocycles. The van der Waals surface area contributed by atoms with Gasteiger partial charge in [0.15, 0.2) is 5.78 Å². The number of rotatable bonds is 4. The van der Waals surface area contributed by atoms with Crippen molar-refractivity contribution in [1.82, 2.24) is 9.47 Å². The van der Waals surface area contributed by atoms with E-state index in [0.29, 0.717) is 18.6 Å². The predicted octanol–water partition coefficient (Wildman–Crippen LogP) is 3.57. The van der Waals surface area contributed by atoms with Crippen LogP contribution in [0.25, 0.3) is 0 Å². The van der Waals surface area contributed by atoms with E-state index in [2.05, 4.69) is 50.2 Å². The fraction of sp³-hybridized carbons (Fsp3) is 0.706. The molecule has 1 aromatic heterocycles. The van der Waals surface area contributed by atoms with Crippen LogP contribution in [-0.4, -0.2) is 33.9 Å². The van der Waals surface area contributed by atoms with E-state index in [9.17, 15) is 4.79 Å². The molecule has 1 aliphatic heterocycles. The van der Waals surface area contributed by atoms with E-state index >= 15 is 0 Å². The van der Waals surface area contributed by atoms with E-state index in [-0.39, 0.29) is 5.78 Å². The summed E-state index contributed by atoms with van der Waals surface area (Å²) in [4.78, 5) is 15.0. The van der Waals surface area contributed by atoms with Crippen LogP contribution in [0.1, 0.15) is 61.8 Å². The molecule has 2 atom stereocenters. The monoisotopic (exact) mass is 276 g/mol. The number of piperidine rings is 1. The van der Waals surface area contributed by atoms with Gasteiger partial charge in [0.1, 0.15) is 0 Å². The van der Waals surface area contributed by atoms with Gasteiger partial charge in [-0.25, -0.2) is 0 Å². The molecule has 20 heavy (non-hydrogen) atoms. The minimum Gasteiger partial charge on any atom is -0.349 e. The standard InChI is InChI=1S/C17H28N2O/c1-6-18-14(4)10-16(15(18)5)17(20)11-19-12(2)8-7-9-13(19)3/h10,12-13H,6-9,11H2,1-5H3/t12-,13+. The molecular weight excluding hydrogens is 248 g/mol. The van der Waals surface area contributed by atoms with Gasteiger partial charge in [0, 0.05) is 35.6 Å². The molecule has 0 saturated carbocycles. The van der Waals surface area contributed by atoms with Crippen LogP contribution >= 0.6 is 0 Å². The Morgan fingerprint density at radius 2 is 1.85 bits per heavy atom. The average molecular weight is 276 g/mol. The van der Waals surface area contributed by atoms with Crippen molar-refractivity contribution in [3.05, 3.63) is 23.0 Å². The number of ketones is 1. The Morgan fingerprint density at radius 1 is 1.25 bits per heavy atom. The smallest absolute Gasteiger partial charge is 0.178 e. The van der Waals surface area contributed by atoms with Crippen LogP contribution in [-0.2, 0) is 6.54 Å². The second kappa shape index (κ2) is 6.13. The molecule has 1 aliphatic rings. The SMILES string of the molecule is CCn1c(C)cc(C(=O)CN2[C@H](C)CCC[C@@H]2C)c1C. The van der Waals surface area contributed by atoms with Gasteiger partial charge >= 0.3 is 0 Å². The number of Topliss-reactive ketones (excluding diaryl/α,β-unsaturated/α-hetero) is 1. The molecule has 0 unspecified atom stereocenters. The van der Waals surface area contributed by atoms with Gasteiger partial charge in [0.25, 0.3) is 0 Å². The summed E-state index contributed by atoms with van der Waals surface area (Å²) >= 11 is 0. The molecular formula is C17H28N2O. The first-order chi connectivity index (χ1) is 9.45. The van der Waals surface area contributed by atoms with E-state index in [1.54, 1.807) is 0 Å². The lowest BCUT2D eigenvalue weighted by molar-refractivity contribution is 0.0733. The number of hydrogen-bond donors (Lipinski definition) is 0. The van der Waals surface area contributed by atoms with Gasteiger partial charge in [0.05, 0.1) is 6.54 Å². The Kier molecular flexibility index (Phi) is 4.69. The van der Waals surface area contributed by atoms with Gasteiger partial charge in [-0.15, -0.1) is 0 Å². The third-order valence-corrected chi connectivity index (χ3v) is 4.89. The normalized spacial score (nSPS) is 24.1. The number of aromatic nitrogens is 1. The van der Waals surface area contributed by atoms with Crippen LogP contribution in [0.15, 0.2) is 6.07 Å². The Balaban J connectivity index is 2.16. The molecule has 0 bridgehead atoms. The van der Waals surface area contributed by atoms with Crippen molar-refractivity contribution in [3.8, 4) is 0 Å². The molecule has 112 valence electrons. The minimum atomic E-state index is 0.276. The summed E-state index contributed by atoms with van der Waals surface area (Å²) in [6.45, 7) is 12.3. The first-order valence-corrected chi connectivity index (χ1v) is 7.91. The van der Waals surface area contributed by atoms with Crippen molar-refractivity contribution in [1.29, 1.82) is 0 Å². The van der Waals surface area contributed by atoms with Gasteiger partial charge in [-0.05, 0) is 53.5 Å². The molecule has 2 rings (SSSR count). The van der Waals surface area contributed by atoms with E-state index in [1.807, 2.05) is 0 Å². The van der Waals surface area contributed by atoms with Crippen molar-refractivity contribution < 1.29 is 4.79 Å². The quantitative estimate of drug-likeness (QED) is 0.786. The minimum absolute atomic E-state index is 0.276. The van der Waals surface area contributed by atoms with Crippen LogP contribution in [0.3, 0.4) is 0 Å². The number of likely N-dealkylation sites (tertiary alicyclic amines) is 1. The van der Waals surface area contributed by atoms with Crippen molar-refractivity contribution in [2.75, 3.05) is 6.54 Å². The van der Waals surface area contributed by atoms with Crippen molar-refractivity contribution in [2.45, 2.75) is 72.5 Å². The second-order valence-corrected chi connectivity index (χ2v) is 6.25. The highest BCUT2D eigenvalue weighted by molar-refractivity contribution is 5.99. The number of nitrogens with zero attached hydrogens (tertiary/aromatic N) is 2. The Hall–Kier alpha value is -1.09. The van der Waals surface area contributed by atoms with Crippen LogP contribution in [0.4, 0.5) is 0 Å². The highest BCUT2D eigenvalue weighted by Gasteiger charge is 2.27. The zero-order valence-electron chi connectivity index (χ0n) is 13.6. The molecule has 0 radical (unpaired) electrons. The lowest BCUT2D eigenvalue weighted by Crippen LogP contribution is -2.46. The fourth-order valence-electron chi connectivity index (χ4n) is 3.61. The van der Waals surface area contributed by atoms with Gasteiger partial charge in [-0.1, -0.05) is 6.42 Å². The lowest BCUT2D eigenvalue weighted by Gasteiger charge is -2.38. The van der Waals surface area contributed by atoms with Gasteiger partial charge in [-0.3, -0.25) is 9.69 Å². The van der Waals surface area contributed by atoms with Gasteiger partial charge in [0.2, 0.25) is 0 Å². The summed E-state index contributed by atoms with van der Waals surface area (Å²) < 4.78 is 2.22. The lowest BCUT2D eigenvalue weighted by atomic mass is 9.96. The van der Waals surface area contributed by atoms with Crippen LogP contribution in [0, 0.1) is 13.8 Å². The molecule has 3 nitrogen and oxygen atoms in total. The maximum atomic E-state index is 12.7. The summed E-state index contributed by atoms with van der Waals surface area (Å²) in [5, 5.41) is 0. The Labute approximate surface area is 123 Å². The zero-order valence-corrected chi connectivity index (χ0v) is 13.6. The predicted molar refractivity (Wildman–Crippen MR) is 83.4 cm³/mol. The zero-order chi connectivity index (χ0) is 14.9. The molecule has 2 heterocycles. The molecule has 1 fully saturated rings. The number of hydrogen-bond acceptors (Lipinski definition) is 2. The first-order valence-electron chi connectivity index (χ1n) is 7.91. The maximum Gasteiger partial charge on any atom is 0.178 e. The largest absolute Gasteiger partial charge is 0.349 e. The van der Waals surface area contributed by atoms with E-state index in [0.717, 1.165) is 17.8 Å². The highest BCUT2D eigenvalue weighted by atomic mass is 16.1. The Bertz CT molecular complexity index is 479. The summed E-state index contributed by atoms with van der Waals surface area (Å²) in [7, 11) is 0. The molecule has 3 heteroatoms. The molecule has 0 N–H and O–H groups in total. The topological polar surface area (TPSA) is 25.2 Å². The first kappa shape index (κ1) is 15.3. The maximum absolute atomic E-state index is 12.7. The van der Waals surface area contributed by atoms with Crippen molar-refractivity contribution in [2.24, 2.45) is 0 Å². The number of carbonyl (C=O) groups is 1. The van der Waals surface area contributed by atoms with Gasteiger partial charge in [-0.2, -0.15) is 0 Å². The molecule has 0 spiro atoms. The highest BCUT2D eigenvalue weighted by Crippen LogP contribution is 2.23. The van der Waals surface area contributed by atoms with Crippen molar-refractivity contribution >= 4 is 5.78 Å². The van der Waals surface area contributed by atoms with Crippen LogP contribution < -0.4 is 0 Å². The Morgan fingerprint density at radius 3 is 2.35 bits per heavy atom. The van der Waals surface area contributed by atoms with Crippen LogP contribution in [0.2, 0.25) is 0 Å². The van der Waals surface area contributed by atoms with Crippen molar-refractivity contribution in [3.63, 3.8) is 0 Å². The van der Waals surface area contributed by atoms with E-state index < -0.39 is 0 Å². The fourth-order valence-corrected chi connectivity index (χ4v) is 3.61. The molecule has 0 aromatic carbocycles. The van der Waals surface area contributed by atoms with E-state index in [4.69, 9.17) is 0 Å². The molecule has 1 saturated heterocycles. The third kappa shape index (κ3) is 2.83. The van der Waals surface area contributed by atoms with Crippen LogP contribution in [0.5, 0.6) is 0 Å². The number of aryl methyl sites for hydroxylation is 1. The molecule has 0 amide bonds. The molecule has 1 aromatic rings. The summed E-state index contributed by atoms with van der Waals surface area (Å²) in [6, 6.07) is 3.11. The average Bonchev–Trinajstić information content (AvgIpc) is 2.69. The summed E-state index contributed by atoms with van der Waals surface area (Å²) in [5.41, 5.74) is 3.22. The summed E-state index contributed by atoms with van der Waals surface area (Å²) in [5.74, 6) is 0.276. The second-order valence-electron chi connectivity index (χ2n) is 6.25. The number of carbonyl (C=O) groups excluding carboxylic acids is 1. The van der Waals surface area contributed by atoms with E-state index in [1.165, 1.54) is 25.0 Å².